The first-order valence-electron chi connectivity index (χ1n) is 6.03. The molecule has 1 N–H and O–H groups in total. The van der Waals surface area contributed by atoms with Crippen molar-refractivity contribution in [3.63, 3.8) is 0 Å². The number of hydrogen-bond donors (Lipinski definition) is 1. The van der Waals surface area contributed by atoms with E-state index in [1.54, 1.807) is 0 Å². The quantitative estimate of drug-likeness (QED) is 0.880. The summed E-state index contributed by atoms with van der Waals surface area (Å²) in [5, 5.41) is 10.3. The average Bonchev–Trinajstić information content (AvgIpc) is 2.51. The first-order valence-corrected chi connectivity index (χ1v) is 6.03. The maximum absolute atomic E-state index is 12.2. The number of carbonyl (C=O) groups excluding carboxylic acids is 1. The second-order valence-corrected chi connectivity index (χ2v) is 5.26. The van der Waals surface area contributed by atoms with Crippen LogP contribution in [0, 0.1) is 5.41 Å². The summed E-state index contributed by atoms with van der Waals surface area (Å²) >= 11 is 0. The Hall–Kier alpha value is -1.39. The molecular formula is C14H19NO3. The summed E-state index contributed by atoms with van der Waals surface area (Å²) < 4.78 is 5.23. The zero-order valence-corrected chi connectivity index (χ0v) is 11.0. The number of likely N-dealkylation sites (tertiary alicyclic amines) is 1. The minimum atomic E-state index is -0.824. The van der Waals surface area contributed by atoms with Crippen LogP contribution in [0.2, 0.25) is 0 Å². The molecule has 1 fully saturated rings. The van der Waals surface area contributed by atoms with Crippen LogP contribution < -0.4 is 0 Å². The molecule has 1 amide bonds. The van der Waals surface area contributed by atoms with Gasteiger partial charge in [0.1, 0.15) is 12.3 Å². The summed E-state index contributed by atoms with van der Waals surface area (Å²) in [6.07, 6.45) is -1.41. The summed E-state index contributed by atoms with van der Waals surface area (Å²) in [4.78, 5) is 13.7. The molecule has 2 rings (SSSR count). The Morgan fingerprint density at radius 1 is 1.33 bits per heavy atom. The van der Waals surface area contributed by atoms with Gasteiger partial charge in [0.15, 0.2) is 0 Å². The second-order valence-electron chi connectivity index (χ2n) is 5.26. The van der Waals surface area contributed by atoms with Crippen molar-refractivity contribution >= 4 is 5.91 Å². The highest BCUT2D eigenvalue weighted by atomic mass is 16.5. The third kappa shape index (κ3) is 2.02. The van der Waals surface area contributed by atoms with Crippen molar-refractivity contribution < 1.29 is 14.6 Å². The summed E-state index contributed by atoms with van der Waals surface area (Å²) in [7, 11) is 1.50. The molecule has 0 spiro atoms. The number of rotatable bonds is 3. The van der Waals surface area contributed by atoms with Crippen molar-refractivity contribution in [2.24, 2.45) is 5.41 Å². The van der Waals surface area contributed by atoms with Crippen LogP contribution >= 0.6 is 0 Å². The Bertz CT molecular complexity index is 430. The molecule has 1 heterocycles. The molecular weight excluding hydrogens is 230 g/mol. The van der Waals surface area contributed by atoms with Gasteiger partial charge < -0.3 is 14.7 Å². The zero-order chi connectivity index (χ0) is 13.3. The standard InChI is InChI=1S/C14H19NO3/c1-14(2)11(18-3)12(16)15(13(14)17)9-10-7-5-4-6-8-10/h4-8,11,13,17H,9H2,1-3H3/t11-,13+/m1/s1. The van der Waals surface area contributed by atoms with E-state index >= 15 is 0 Å². The monoisotopic (exact) mass is 249 g/mol. The van der Waals surface area contributed by atoms with Crippen molar-refractivity contribution in [1.29, 1.82) is 0 Å². The molecule has 1 aromatic rings. The van der Waals surface area contributed by atoms with Crippen LogP contribution in [0.4, 0.5) is 0 Å². The molecule has 4 nitrogen and oxygen atoms in total. The first kappa shape index (κ1) is 13.1. The van der Waals surface area contributed by atoms with E-state index in [0.29, 0.717) is 6.54 Å². The molecule has 0 unspecified atom stereocenters. The number of aliphatic hydroxyl groups excluding tert-OH is 1. The maximum Gasteiger partial charge on any atom is 0.254 e. The van der Waals surface area contributed by atoms with Crippen molar-refractivity contribution in [2.45, 2.75) is 32.7 Å². The predicted octanol–water partition coefficient (Wildman–Crippen LogP) is 1.39. The molecule has 4 heteroatoms. The van der Waals surface area contributed by atoms with Gasteiger partial charge in [0.25, 0.3) is 5.91 Å². The second kappa shape index (κ2) is 4.71. The molecule has 0 aromatic heterocycles. The third-order valence-corrected chi connectivity index (χ3v) is 3.58. The lowest BCUT2D eigenvalue weighted by Gasteiger charge is -2.28. The molecule has 0 radical (unpaired) electrons. The highest BCUT2D eigenvalue weighted by Gasteiger charge is 2.53. The van der Waals surface area contributed by atoms with Crippen LogP contribution in [0.5, 0.6) is 0 Å². The van der Waals surface area contributed by atoms with E-state index in [1.165, 1.54) is 12.0 Å². The first-order chi connectivity index (χ1) is 8.48. The third-order valence-electron chi connectivity index (χ3n) is 3.58. The minimum absolute atomic E-state index is 0.154. The summed E-state index contributed by atoms with van der Waals surface area (Å²) in [6.45, 7) is 4.09. The normalized spacial score (nSPS) is 26.7. The average molecular weight is 249 g/mol. The Morgan fingerprint density at radius 3 is 2.44 bits per heavy atom. The fourth-order valence-electron chi connectivity index (χ4n) is 2.48. The molecule has 1 aromatic carbocycles. The smallest absolute Gasteiger partial charge is 0.254 e. The van der Waals surface area contributed by atoms with Gasteiger partial charge in [-0.3, -0.25) is 4.79 Å². The van der Waals surface area contributed by atoms with Crippen LogP contribution in [-0.2, 0) is 16.1 Å². The largest absolute Gasteiger partial charge is 0.373 e. The summed E-state index contributed by atoms with van der Waals surface area (Å²) in [5.74, 6) is -0.154. The Kier molecular flexibility index (Phi) is 3.41. The summed E-state index contributed by atoms with van der Waals surface area (Å²) in [5.41, 5.74) is 0.401. The highest BCUT2D eigenvalue weighted by Crippen LogP contribution is 2.38. The highest BCUT2D eigenvalue weighted by molar-refractivity contribution is 5.84. The fraction of sp³-hybridized carbons (Fsp3) is 0.500. The SMILES string of the molecule is CO[C@@H]1C(=O)N(Cc2ccccc2)[C@@H](O)C1(C)C. The van der Waals surface area contributed by atoms with E-state index in [0.717, 1.165) is 5.56 Å². The van der Waals surface area contributed by atoms with E-state index in [4.69, 9.17) is 4.74 Å². The predicted molar refractivity (Wildman–Crippen MR) is 67.6 cm³/mol. The number of amides is 1. The fourth-order valence-corrected chi connectivity index (χ4v) is 2.48. The van der Waals surface area contributed by atoms with Gasteiger partial charge in [-0.25, -0.2) is 0 Å². The number of aliphatic hydroxyl groups is 1. The van der Waals surface area contributed by atoms with E-state index in [2.05, 4.69) is 0 Å². The van der Waals surface area contributed by atoms with E-state index in [9.17, 15) is 9.90 Å². The van der Waals surface area contributed by atoms with Gasteiger partial charge in [-0.15, -0.1) is 0 Å². The van der Waals surface area contributed by atoms with Gasteiger partial charge in [0.05, 0.1) is 0 Å². The van der Waals surface area contributed by atoms with Gasteiger partial charge in [-0.05, 0) is 5.56 Å². The Labute approximate surface area is 107 Å². The number of carbonyl (C=O) groups is 1. The lowest BCUT2D eigenvalue weighted by atomic mass is 9.88. The molecule has 2 atom stereocenters. The molecule has 1 saturated heterocycles. The van der Waals surface area contributed by atoms with E-state index in [1.807, 2.05) is 44.2 Å². The van der Waals surface area contributed by atoms with Crippen molar-refractivity contribution in [3.05, 3.63) is 35.9 Å². The van der Waals surface area contributed by atoms with Crippen molar-refractivity contribution in [2.75, 3.05) is 7.11 Å². The molecule has 0 bridgehead atoms. The summed E-state index contributed by atoms with van der Waals surface area (Å²) in [6, 6.07) is 9.64. The maximum atomic E-state index is 12.2. The van der Waals surface area contributed by atoms with Crippen LogP contribution in [0.3, 0.4) is 0 Å². The number of nitrogens with zero attached hydrogens (tertiary/aromatic N) is 1. The Morgan fingerprint density at radius 2 is 1.94 bits per heavy atom. The van der Waals surface area contributed by atoms with Gasteiger partial charge in [-0.2, -0.15) is 0 Å². The molecule has 98 valence electrons. The van der Waals surface area contributed by atoms with Gasteiger partial charge >= 0.3 is 0 Å². The number of hydrogen-bond acceptors (Lipinski definition) is 3. The lowest BCUT2D eigenvalue weighted by Crippen LogP contribution is -2.38. The molecule has 0 aliphatic carbocycles. The van der Waals surface area contributed by atoms with Crippen LogP contribution in [0.15, 0.2) is 30.3 Å². The Balaban J connectivity index is 2.22. The topological polar surface area (TPSA) is 49.8 Å². The number of benzene rings is 1. The van der Waals surface area contributed by atoms with Gasteiger partial charge in [0.2, 0.25) is 0 Å². The minimum Gasteiger partial charge on any atom is -0.373 e. The van der Waals surface area contributed by atoms with Crippen molar-refractivity contribution in [1.82, 2.24) is 4.90 Å². The van der Waals surface area contributed by atoms with E-state index < -0.39 is 17.7 Å². The molecule has 1 aliphatic heterocycles. The number of ether oxygens (including phenoxy) is 1. The lowest BCUT2D eigenvalue weighted by molar-refractivity contribution is -0.140. The zero-order valence-electron chi connectivity index (χ0n) is 11.0. The van der Waals surface area contributed by atoms with E-state index in [-0.39, 0.29) is 5.91 Å². The molecule has 1 aliphatic rings. The van der Waals surface area contributed by atoms with Crippen LogP contribution in [-0.4, -0.2) is 35.4 Å². The van der Waals surface area contributed by atoms with Gasteiger partial charge in [0, 0.05) is 19.1 Å². The van der Waals surface area contributed by atoms with Gasteiger partial charge in [-0.1, -0.05) is 44.2 Å². The van der Waals surface area contributed by atoms with Crippen LogP contribution in [0.25, 0.3) is 0 Å². The molecule has 0 saturated carbocycles. The van der Waals surface area contributed by atoms with Crippen LogP contribution in [0.1, 0.15) is 19.4 Å². The molecule has 18 heavy (non-hydrogen) atoms. The van der Waals surface area contributed by atoms with Crippen molar-refractivity contribution in [3.8, 4) is 0 Å². The number of methoxy groups -OCH3 is 1.